The summed E-state index contributed by atoms with van der Waals surface area (Å²) in [5, 5.41) is 0. The third-order valence-electron chi connectivity index (χ3n) is 9.28. The van der Waals surface area contributed by atoms with Crippen molar-refractivity contribution in [2.24, 2.45) is 0 Å². The van der Waals surface area contributed by atoms with E-state index < -0.39 is 28.9 Å². The van der Waals surface area contributed by atoms with Crippen LogP contribution in [0.2, 0.25) is 0 Å². The highest BCUT2D eigenvalue weighted by atomic mass is 19.4. The number of carbonyl (C=O) groups excluding carboxylic acids is 2. The SMILES string of the molecule is Cc1ccc(C(=O)c2ccc(Oc3ccc(C(c4ccc(Oc5ccc(C(=O)c6ccc(C(C)C)cc6)cc5)cc4)(C(F)(F)F)C(F)(F)F)cc3)cc2)cc1. The van der Waals surface area contributed by atoms with Crippen LogP contribution in [0.15, 0.2) is 146 Å². The molecular formula is C45H34F6O4. The minimum absolute atomic E-state index is 0.0133. The Kier molecular flexibility index (Phi) is 10.7. The molecule has 0 N–H and O–H groups in total. The highest BCUT2D eigenvalue weighted by Crippen LogP contribution is 2.56. The number of ether oxygens (including phenoxy) is 2. The Morgan fingerprint density at radius 1 is 0.436 bits per heavy atom. The number of halogens is 6. The molecule has 280 valence electrons. The Morgan fingerprint density at radius 2 is 0.709 bits per heavy atom. The zero-order valence-electron chi connectivity index (χ0n) is 29.8. The van der Waals surface area contributed by atoms with E-state index in [4.69, 9.17) is 9.47 Å². The van der Waals surface area contributed by atoms with E-state index in [2.05, 4.69) is 0 Å². The van der Waals surface area contributed by atoms with Crippen molar-refractivity contribution in [3.8, 4) is 23.0 Å². The van der Waals surface area contributed by atoms with Crippen LogP contribution >= 0.6 is 0 Å². The number of ketones is 2. The summed E-state index contributed by atoms with van der Waals surface area (Å²) in [6, 6.07) is 33.3. The van der Waals surface area contributed by atoms with Crippen LogP contribution in [0.25, 0.3) is 0 Å². The molecule has 0 unspecified atom stereocenters. The Labute approximate surface area is 314 Å². The molecule has 0 saturated heterocycles. The first kappa shape index (κ1) is 38.6. The van der Waals surface area contributed by atoms with Crippen molar-refractivity contribution in [2.75, 3.05) is 0 Å². The summed E-state index contributed by atoms with van der Waals surface area (Å²) >= 11 is 0. The van der Waals surface area contributed by atoms with E-state index in [1.807, 2.05) is 45.0 Å². The molecule has 0 saturated carbocycles. The van der Waals surface area contributed by atoms with Gasteiger partial charge in [0.25, 0.3) is 0 Å². The van der Waals surface area contributed by atoms with E-state index in [1.165, 1.54) is 48.5 Å². The maximum Gasteiger partial charge on any atom is 0.411 e. The molecule has 0 aliphatic rings. The molecule has 0 aromatic heterocycles. The first-order valence-corrected chi connectivity index (χ1v) is 17.2. The normalized spacial score (nSPS) is 12.0. The summed E-state index contributed by atoms with van der Waals surface area (Å²) in [5.41, 5.74) is -2.70. The highest BCUT2D eigenvalue weighted by molar-refractivity contribution is 6.09. The van der Waals surface area contributed by atoms with Gasteiger partial charge in [0.15, 0.2) is 11.6 Å². The number of aryl methyl sites for hydroxylation is 1. The number of alkyl halides is 6. The van der Waals surface area contributed by atoms with Crippen molar-refractivity contribution in [1.29, 1.82) is 0 Å². The lowest BCUT2D eigenvalue weighted by Gasteiger charge is -2.38. The molecular weight excluding hydrogens is 718 g/mol. The van der Waals surface area contributed by atoms with Crippen LogP contribution in [-0.4, -0.2) is 23.9 Å². The van der Waals surface area contributed by atoms with Gasteiger partial charge in [-0.1, -0.05) is 92.2 Å². The first-order chi connectivity index (χ1) is 26.1. The topological polar surface area (TPSA) is 52.6 Å². The van der Waals surface area contributed by atoms with Crippen molar-refractivity contribution >= 4 is 11.6 Å². The van der Waals surface area contributed by atoms with Gasteiger partial charge in [-0.25, -0.2) is 0 Å². The van der Waals surface area contributed by atoms with Gasteiger partial charge in [-0.15, -0.1) is 0 Å². The fourth-order valence-electron chi connectivity index (χ4n) is 6.21. The lowest BCUT2D eigenvalue weighted by atomic mass is 9.73. The van der Waals surface area contributed by atoms with E-state index in [9.17, 15) is 35.9 Å². The van der Waals surface area contributed by atoms with Crippen molar-refractivity contribution < 1.29 is 45.4 Å². The molecule has 0 bridgehead atoms. The van der Waals surface area contributed by atoms with Crippen molar-refractivity contribution in [3.05, 3.63) is 190 Å². The van der Waals surface area contributed by atoms with Crippen LogP contribution in [-0.2, 0) is 5.41 Å². The predicted molar refractivity (Wildman–Crippen MR) is 197 cm³/mol. The highest BCUT2D eigenvalue weighted by Gasteiger charge is 2.72. The second-order valence-electron chi connectivity index (χ2n) is 13.3. The van der Waals surface area contributed by atoms with E-state index in [0.29, 0.717) is 28.2 Å². The van der Waals surface area contributed by atoms with Gasteiger partial charge in [0.1, 0.15) is 23.0 Å². The molecule has 0 fully saturated rings. The molecule has 6 rings (SSSR count). The molecule has 4 nitrogen and oxygen atoms in total. The summed E-state index contributed by atoms with van der Waals surface area (Å²) in [6.45, 7) is 5.99. The summed E-state index contributed by atoms with van der Waals surface area (Å²) in [4.78, 5) is 25.7. The van der Waals surface area contributed by atoms with Crippen LogP contribution in [0.3, 0.4) is 0 Å². The quantitative estimate of drug-likeness (QED) is 0.0977. The molecule has 0 atom stereocenters. The van der Waals surface area contributed by atoms with E-state index in [0.717, 1.165) is 59.7 Å². The van der Waals surface area contributed by atoms with Crippen molar-refractivity contribution in [3.63, 3.8) is 0 Å². The minimum atomic E-state index is -5.80. The standard InChI is InChI=1S/C45H34F6O4/c1-28(2)30-8-10-32(11-9-30)42(53)34-14-22-38(23-15-34)55-40-26-18-36(19-27-40)43(44(46,47)48,45(49,50)51)35-16-24-39(25-17-35)54-37-20-12-33(13-21-37)41(52)31-6-4-29(3)5-7-31/h4-28H,1-3H3. The number of hydrogen-bond donors (Lipinski definition) is 0. The van der Waals surface area contributed by atoms with Crippen LogP contribution in [0, 0.1) is 6.92 Å². The molecule has 55 heavy (non-hydrogen) atoms. The maximum atomic E-state index is 14.8. The number of carbonyl (C=O) groups is 2. The molecule has 0 heterocycles. The minimum Gasteiger partial charge on any atom is -0.457 e. The number of hydrogen-bond acceptors (Lipinski definition) is 4. The fourth-order valence-corrected chi connectivity index (χ4v) is 6.21. The molecule has 0 aliphatic heterocycles. The van der Waals surface area contributed by atoms with Crippen LogP contribution in [0.5, 0.6) is 23.0 Å². The lowest BCUT2D eigenvalue weighted by Crippen LogP contribution is -2.54. The lowest BCUT2D eigenvalue weighted by molar-refractivity contribution is -0.288. The molecule has 6 aromatic rings. The molecule has 6 aromatic carbocycles. The van der Waals surface area contributed by atoms with Crippen LogP contribution in [0.1, 0.15) is 73.9 Å². The van der Waals surface area contributed by atoms with Crippen LogP contribution in [0.4, 0.5) is 26.3 Å². The van der Waals surface area contributed by atoms with Gasteiger partial charge < -0.3 is 9.47 Å². The Hall–Kier alpha value is -6.16. The summed E-state index contributed by atoms with van der Waals surface area (Å²) in [5.74, 6) is 0.279. The summed E-state index contributed by atoms with van der Waals surface area (Å²) in [6.07, 6.45) is -11.6. The van der Waals surface area contributed by atoms with Gasteiger partial charge in [0.05, 0.1) is 0 Å². The zero-order valence-corrected chi connectivity index (χ0v) is 29.8. The molecule has 10 heteroatoms. The molecule has 0 aliphatic carbocycles. The van der Waals surface area contributed by atoms with Gasteiger partial charge in [0.2, 0.25) is 5.41 Å². The van der Waals surface area contributed by atoms with Crippen LogP contribution < -0.4 is 9.47 Å². The number of rotatable bonds is 11. The van der Waals surface area contributed by atoms with E-state index >= 15 is 0 Å². The summed E-state index contributed by atoms with van der Waals surface area (Å²) < 4.78 is 100. The van der Waals surface area contributed by atoms with Gasteiger partial charge in [-0.2, -0.15) is 26.3 Å². The smallest absolute Gasteiger partial charge is 0.411 e. The van der Waals surface area contributed by atoms with E-state index in [-0.39, 0.29) is 34.6 Å². The third-order valence-corrected chi connectivity index (χ3v) is 9.28. The summed E-state index contributed by atoms with van der Waals surface area (Å²) in [7, 11) is 0. The average Bonchev–Trinajstić information content (AvgIpc) is 3.16. The Morgan fingerprint density at radius 3 is 1.00 bits per heavy atom. The van der Waals surface area contributed by atoms with Crippen molar-refractivity contribution in [1.82, 2.24) is 0 Å². The zero-order chi connectivity index (χ0) is 39.5. The van der Waals surface area contributed by atoms with Gasteiger partial charge >= 0.3 is 12.4 Å². The largest absolute Gasteiger partial charge is 0.457 e. The monoisotopic (exact) mass is 752 g/mol. The van der Waals surface area contributed by atoms with Gasteiger partial charge in [-0.05, 0) is 102 Å². The average molecular weight is 753 g/mol. The number of benzene rings is 6. The Balaban J connectivity index is 1.19. The van der Waals surface area contributed by atoms with Gasteiger partial charge in [0, 0.05) is 22.3 Å². The fraction of sp³-hybridized carbons (Fsp3) is 0.156. The second-order valence-corrected chi connectivity index (χ2v) is 13.3. The Bertz CT molecular complexity index is 2240. The molecule has 0 amide bonds. The van der Waals surface area contributed by atoms with E-state index in [1.54, 1.807) is 24.3 Å². The predicted octanol–water partition coefficient (Wildman–Crippen LogP) is 12.6. The second kappa shape index (κ2) is 15.3. The van der Waals surface area contributed by atoms with Gasteiger partial charge in [-0.3, -0.25) is 9.59 Å². The molecule has 0 spiro atoms. The first-order valence-electron chi connectivity index (χ1n) is 17.2. The molecule has 0 radical (unpaired) electrons. The maximum absolute atomic E-state index is 14.8. The third kappa shape index (κ3) is 8.04. The van der Waals surface area contributed by atoms with Crippen molar-refractivity contribution in [2.45, 2.75) is 44.5 Å².